The van der Waals surface area contributed by atoms with Crippen LogP contribution in [0.15, 0.2) is 58.4 Å². The van der Waals surface area contributed by atoms with Gasteiger partial charge in [0.2, 0.25) is 10.0 Å². The van der Waals surface area contributed by atoms with E-state index in [0.717, 1.165) is 11.6 Å². The molecule has 126 valence electrons. The number of benzene rings is 2. The molecule has 1 amide bonds. The summed E-state index contributed by atoms with van der Waals surface area (Å²) in [5.41, 5.74) is 11.1. The summed E-state index contributed by atoms with van der Waals surface area (Å²) in [6.07, 6.45) is 0. The fraction of sp³-hybridized carbons (Fsp3) is 0.0667. The number of nitrogens with two attached hydrogens (primary N) is 3. The summed E-state index contributed by atoms with van der Waals surface area (Å²) in [7, 11) is -4.11. The van der Waals surface area contributed by atoms with Crippen LogP contribution in [-0.4, -0.2) is 20.3 Å². The number of hydrogen-bond donors (Lipinski definition) is 3. The normalized spacial score (nSPS) is 10.9. The van der Waals surface area contributed by atoms with Crippen molar-refractivity contribution < 1.29 is 17.9 Å². The van der Waals surface area contributed by atoms with Gasteiger partial charge in [0.25, 0.3) is 5.91 Å². The quantitative estimate of drug-likeness (QED) is 0.523. The number of ether oxygens (including phenoxy) is 1. The summed E-state index contributed by atoms with van der Waals surface area (Å²) in [5, 5.41) is 5.19. The Morgan fingerprint density at radius 1 is 1.08 bits per heavy atom. The van der Waals surface area contributed by atoms with Crippen molar-refractivity contribution in [3.8, 4) is 5.75 Å². The minimum atomic E-state index is -4.11. The lowest BCUT2D eigenvalue weighted by Gasteiger charge is -2.11. The lowest BCUT2D eigenvalue weighted by atomic mass is 10.2. The Balaban J connectivity index is 2.34. The summed E-state index contributed by atoms with van der Waals surface area (Å²) in [6, 6.07) is 12.9. The van der Waals surface area contributed by atoms with Gasteiger partial charge in [0, 0.05) is 5.56 Å². The van der Waals surface area contributed by atoms with Crippen molar-refractivity contribution >= 4 is 21.9 Å². The fourth-order valence-corrected chi connectivity index (χ4v) is 2.60. The van der Waals surface area contributed by atoms with Crippen molar-refractivity contribution in [2.45, 2.75) is 11.5 Å². The molecule has 0 aliphatic rings. The van der Waals surface area contributed by atoms with Crippen LogP contribution in [0.5, 0.6) is 5.75 Å². The predicted octanol–water partition coefficient (Wildman–Crippen LogP) is 0.327. The number of primary sulfonamides is 1. The first-order chi connectivity index (χ1) is 11.3. The minimum Gasteiger partial charge on any atom is -0.487 e. The zero-order valence-electron chi connectivity index (χ0n) is 12.5. The van der Waals surface area contributed by atoms with Crippen molar-refractivity contribution in [2.24, 2.45) is 21.6 Å². The van der Waals surface area contributed by atoms with Gasteiger partial charge in [0.05, 0.1) is 0 Å². The first-order valence-electron chi connectivity index (χ1n) is 6.75. The molecule has 0 atom stereocenters. The van der Waals surface area contributed by atoms with Crippen molar-refractivity contribution in [3.63, 3.8) is 0 Å². The average Bonchev–Trinajstić information content (AvgIpc) is 2.52. The summed E-state index contributed by atoms with van der Waals surface area (Å²) in [5.74, 6) is -1.18. The average molecular weight is 348 g/mol. The Morgan fingerprint density at radius 2 is 1.75 bits per heavy atom. The van der Waals surface area contributed by atoms with Gasteiger partial charge in [-0.25, -0.2) is 13.6 Å². The van der Waals surface area contributed by atoms with Gasteiger partial charge in [0.1, 0.15) is 17.3 Å². The molecule has 0 fully saturated rings. The van der Waals surface area contributed by atoms with E-state index in [9.17, 15) is 13.2 Å². The number of rotatable bonds is 5. The van der Waals surface area contributed by atoms with Crippen molar-refractivity contribution in [1.29, 1.82) is 0 Å². The van der Waals surface area contributed by atoms with Crippen LogP contribution in [0.25, 0.3) is 0 Å². The van der Waals surface area contributed by atoms with Gasteiger partial charge >= 0.3 is 0 Å². The van der Waals surface area contributed by atoms with Crippen LogP contribution in [0.3, 0.4) is 0 Å². The fourth-order valence-electron chi connectivity index (χ4n) is 1.90. The number of nitrogens with zero attached hydrogens (tertiary/aromatic N) is 1. The van der Waals surface area contributed by atoms with E-state index in [1.54, 1.807) is 0 Å². The number of carbonyl (C=O) groups excluding carboxylic acids is 1. The highest BCUT2D eigenvalue weighted by Crippen LogP contribution is 2.25. The molecule has 0 radical (unpaired) electrons. The maximum atomic E-state index is 11.8. The molecule has 0 spiro atoms. The Bertz CT molecular complexity index is 876. The van der Waals surface area contributed by atoms with E-state index >= 15 is 0 Å². The molecular formula is C15H16N4O4S. The van der Waals surface area contributed by atoms with Crippen molar-refractivity contribution in [2.75, 3.05) is 0 Å². The highest BCUT2D eigenvalue weighted by atomic mass is 32.2. The van der Waals surface area contributed by atoms with E-state index in [-0.39, 0.29) is 22.8 Å². The van der Waals surface area contributed by atoms with Gasteiger partial charge in [-0.15, -0.1) is 0 Å². The van der Waals surface area contributed by atoms with Gasteiger partial charge in [-0.3, -0.25) is 4.79 Å². The number of guanidine groups is 1. The van der Waals surface area contributed by atoms with Gasteiger partial charge in [-0.2, -0.15) is 4.99 Å². The lowest BCUT2D eigenvalue weighted by molar-refractivity contribution is 0.100. The van der Waals surface area contributed by atoms with Gasteiger partial charge in [-0.05, 0) is 23.8 Å². The molecule has 0 aliphatic carbocycles. The van der Waals surface area contributed by atoms with Crippen molar-refractivity contribution in [3.05, 3.63) is 59.7 Å². The third kappa shape index (κ3) is 4.54. The molecule has 2 aromatic carbocycles. The minimum absolute atomic E-state index is 0.0283. The third-order valence-electron chi connectivity index (χ3n) is 2.96. The smallest absolute Gasteiger partial charge is 0.280 e. The lowest BCUT2D eigenvalue weighted by Crippen LogP contribution is -2.24. The van der Waals surface area contributed by atoms with E-state index in [1.165, 1.54) is 12.1 Å². The summed E-state index contributed by atoms with van der Waals surface area (Å²) in [4.78, 5) is 14.8. The molecule has 0 bridgehead atoms. The second kappa shape index (κ2) is 7.11. The molecular weight excluding hydrogens is 332 g/mol. The standard InChI is InChI=1S/C15H16N4O4S/c16-15(17)19-14(20)11-6-7-12(13(8-11)24(18,21)22)23-9-10-4-2-1-3-5-10/h1-8H,9H2,(H2,18,21,22)(H4,16,17,19,20). The number of aliphatic imine (C=N–C) groups is 1. The first-order valence-corrected chi connectivity index (χ1v) is 8.29. The van der Waals surface area contributed by atoms with E-state index < -0.39 is 21.9 Å². The largest absolute Gasteiger partial charge is 0.487 e. The molecule has 8 nitrogen and oxygen atoms in total. The summed E-state index contributed by atoms with van der Waals surface area (Å²) < 4.78 is 29.0. The monoisotopic (exact) mass is 348 g/mol. The molecule has 9 heteroatoms. The molecule has 0 aliphatic heterocycles. The Labute approximate surface area is 139 Å². The molecule has 0 heterocycles. The van der Waals surface area contributed by atoms with Crippen LogP contribution in [0.2, 0.25) is 0 Å². The zero-order chi connectivity index (χ0) is 17.7. The Hall–Kier alpha value is -2.91. The topological polar surface area (TPSA) is 151 Å². The first kappa shape index (κ1) is 17.4. The Morgan fingerprint density at radius 3 is 2.33 bits per heavy atom. The van der Waals surface area contributed by atoms with Crippen LogP contribution in [0, 0.1) is 0 Å². The molecule has 0 saturated carbocycles. The molecule has 2 rings (SSSR count). The zero-order valence-corrected chi connectivity index (χ0v) is 13.4. The third-order valence-corrected chi connectivity index (χ3v) is 3.90. The van der Waals surface area contributed by atoms with Gasteiger partial charge in [0.15, 0.2) is 5.96 Å². The van der Waals surface area contributed by atoms with Crippen LogP contribution >= 0.6 is 0 Å². The van der Waals surface area contributed by atoms with Crippen molar-refractivity contribution in [1.82, 2.24) is 0 Å². The molecule has 6 N–H and O–H groups in total. The number of hydrogen-bond acceptors (Lipinski definition) is 4. The van der Waals surface area contributed by atoms with E-state index in [0.29, 0.717) is 0 Å². The van der Waals surface area contributed by atoms with Gasteiger partial charge in [-0.1, -0.05) is 30.3 Å². The maximum Gasteiger partial charge on any atom is 0.280 e. The molecule has 0 saturated heterocycles. The van der Waals surface area contributed by atoms with Crippen LogP contribution in [-0.2, 0) is 16.6 Å². The highest BCUT2D eigenvalue weighted by Gasteiger charge is 2.18. The van der Waals surface area contributed by atoms with E-state index in [2.05, 4.69) is 4.99 Å². The van der Waals surface area contributed by atoms with E-state index in [4.69, 9.17) is 21.3 Å². The number of sulfonamides is 1. The van der Waals surface area contributed by atoms with Gasteiger partial charge < -0.3 is 16.2 Å². The molecule has 0 aromatic heterocycles. The highest BCUT2D eigenvalue weighted by molar-refractivity contribution is 7.89. The van der Waals surface area contributed by atoms with Crippen LogP contribution < -0.4 is 21.3 Å². The van der Waals surface area contributed by atoms with Crippen LogP contribution in [0.1, 0.15) is 15.9 Å². The SMILES string of the molecule is NC(N)=NC(=O)c1ccc(OCc2ccccc2)c(S(N)(=O)=O)c1. The predicted molar refractivity (Wildman–Crippen MR) is 88.7 cm³/mol. The molecule has 24 heavy (non-hydrogen) atoms. The molecule has 0 unspecified atom stereocenters. The van der Waals surface area contributed by atoms with E-state index in [1.807, 2.05) is 30.3 Å². The van der Waals surface area contributed by atoms with Crippen LogP contribution in [0.4, 0.5) is 0 Å². The Kier molecular flexibility index (Phi) is 5.17. The number of carbonyl (C=O) groups is 1. The number of amides is 1. The summed E-state index contributed by atoms with van der Waals surface area (Å²) in [6.45, 7) is 0.143. The summed E-state index contributed by atoms with van der Waals surface area (Å²) >= 11 is 0. The molecule has 2 aromatic rings. The second-order valence-corrected chi connectivity index (χ2v) is 6.35. The maximum absolute atomic E-state index is 11.8. The second-order valence-electron chi connectivity index (χ2n) is 4.82.